The summed E-state index contributed by atoms with van der Waals surface area (Å²) in [5, 5.41) is 2.80. The molecule has 0 atom stereocenters. The summed E-state index contributed by atoms with van der Waals surface area (Å²) < 4.78 is 10.8. The van der Waals surface area contributed by atoms with Crippen molar-refractivity contribution in [3.8, 4) is 5.75 Å². The number of aromatic nitrogens is 1. The average molecular weight is 473 g/mol. The Morgan fingerprint density at radius 2 is 1.74 bits per heavy atom. The van der Waals surface area contributed by atoms with Crippen molar-refractivity contribution < 1.29 is 23.9 Å². The summed E-state index contributed by atoms with van der Waals surface area (Å²) >= 11 is 0. The number of benzene rings is 2. The molecule has 0 saturated carbocycles. The number of carbonyl (C=O) groups excluding carboxylic acids is 3. The van der Waals surface area contributed by atoms with Gasteiger partial charge in [0.1, 0.15) is 11.6 Å². The Morgan fingerprint density at radius 3 is 2.43 bits per heavy atom. The van der Waals surface area contributed by atoms with E-state index in [2.05, 4.69) is 15.2 Å². The lowest BCUT2D eigenvalue weighted by atomic mass is 10.1. The number of nitrogens with zero attached hydrogens (tertiary/aromatic N) is 3. The molecule has 0 radical (unpaired) electrons. The van der Waals surface area contributed by atoms with Crippen molar-refractivity contribution in [2.45, 2.75) is 6.92 Å². The number of pyridine rings is 1. The number of imide groups is 1. The molecule has 1 N–H and O–H groups in total. The predicted octanol–water partition coefficient (Wildman–Crippen LogP) is 3.37. The zero-order chi connectivity index (χ0) is 24.4. The number of morpholine rings is 1. The number of nitrogens with one attached hydrogen (secondary N) is 1. The summed E-state index contributed by atoms with van der Waals surface area (Å²) in [5.74, 6) is 0.180. The fourth-order valence-corrected chi connectivity index (χ4v) is 4.12. The summed E-state index contributed by atoms with van der Waals surface area (Å²) in [6, 6.07) is 14.9. The first kappa shape index (κ1) is 22.5. The first-order valence-corrected chi connectivity index (χ1v) is 11.4. The van der Waals surface area contributed by atoms with Gasteiger partial charge < -0.3 is 19.7 Å². The molecule has 1 aromatic heterocycles. The zero-order valence-electron chi connectivity index (χ0n) is 19.2. The number of anilines is 3. The van der Waals surface area contributed by atoms with E-state index in [0.717, 1.165) is 23.8 Å². The number of fused-ring (bicyclic) bond motifs is 1. The minimum absolute atomic E-state index is 0.192. The number of hydrogen-bond acceptors (Lipinski definition) is 7. The molecule has 35 heavy (non-hydrogen) atoms. The van der Waals surface area contributed by atoms with Crippen LogP contribution in [0.3, 0.4) is 0 Å². The Bertz CT molecular complexity index is 1270. The van der Waals surface area contributed by atoms with Crippen molar-refractivity contribution in [3.05, 3.63) is 77.5 Å². The number of amides is 3. The Balaban J connectivity index is 1.30. The number of carbonyl (C=O) groups is 3. The smallest absolute Gasteiger partial charge is 0.266 e. The largest absolute Gasteiger partial charge is 0.494 e. The van der Waals surface area contributed by atoms with Crippen LogP contribution in [0.4, 0.5) is 17.2 Å². The maximum absolute atomic E-state index is 13.1. The first-order valence-electron chi connectivity index (χ1n) is 11.4. The third-order valence-corrected chi connectivity index (χ3v) is 5.90. The summed E-state index contributed by atoms with van der Waals surface area (Å²) in [5.41, 5.74) is 1.70. The van der Waals surface area contributed by atoms with Crippen LogP contribution >= 0.6 is 0 Å². The summed E-state index contributed by atoms with van der Waals surface area (Å²) in [6.45, 7) is 5.27. The van der Waals surface area contributed by atoms with Crippen LogP contribution in [0.2, 0.25) is 0 Å². The van der Waals surface area contributed by atoms with Gasteiger partial charge in [0.25, 0.3) is 17.7 Å². The second kappa shape index (κ2) is 9.55. The van der Waals surface area contributed by atoms with Gasteiger partial charge in [-0.05, 0) is 61.5 Å². The molecule has 1 saturated heterocycles. The fraction of sp³-hybridized carbons (Fsp3) is 0.231. The lowest BCUT2D eigenvalue weighted by Crippen LogP contribution is -2.36. The standard InChI is InChI=1S/C26H24N4O5/c1-2-35-20-7-5-19(6-8-20)30-25(32)21-9-3-17(15-22(21)26(30)33)24(31)28-18-4-10-23(27-16-18)29-11-13-34-14-12-29/h3-10,15-16H,2,11-14H2,1H3,(H,28,31). The fourth-order valence-electron chi connectivity index (χ4n) is 4.12. The van der Waals surface area contributed by atoms with Crippen molar-refractivity contribution in [1.82, 2.24) is 4.98 Å². The number of hydrogen-bond donors (Lipinski definition) is 1. The van der Waals surface area contributed by atoms with Crippen LogP contribution in [-0.4, -0.2) is 55.6 Å². The highest BCUT2D eigenvalue weighted by Crippen LogP contribution is 2.30. The minimum atomic E-state index is -0.472. The van der Waals surface area contributed by atoms with E-state index in [1.54, 1.807) is 36.5 Å². The second-order valence-electron chi connectivity index (χ2n) is 8.09. The highest BCUT2D eigenvalue weighted by Gasteiger charge is 2.37. The second-order valence-corrected chi connectivity index (χ2v) is 8.09. The van der Waals surface area contributed by atoms with E-state index in [4.69, 9.17) is 9.47 Å². The van der Waals surface area contributed by atoms with Crippen LogP contribution in [0, 0.1) is 0 Å². The molecule has 0 bridgehead atoms. The molecule has 2 aliphatic rings. The van der Waals surface area contributed by atoms with E-state index in [1.807, 2.05) is 13.0 Å². The molecule has 5 rings (SSSR count). The Labute approximate surface area is 202 Å². The number of rotatable bonds is 6. The monoisotopic (exact) mass is 472 g/mol. The molecule has 3 heterocycles. The van der Waals surface area contributed by atoms with Crippen LogP contribution < -0.4 is 19.9 Å². The normalized spacial score (nSPS) is 15.2. The molecule has 3 aromatic rings. The van der Waals surface area contributed by atoms with Gasteiger partial charge in [-0.3, -0.25) is 14.4 Å². The summed E-state index contributed by atoms with van der Waals surface area (Å²) in [7, 11) is 0. The van der Waals surface area contributed by atoms with Gasteiger partial charge in [0.15, 0.2) is 0 Å². The van der Waals surface area contributed by atoms with Gasteiger partial charge in [-0.25, -0.2) is 9.88 Å². The molecule has 178 valence electrons. The van der Waals surface area contributed by atoms with Gasteiger partial charge in [-0.15, -0.1) is 0 Å². The Hall–Kier alpha value is -4.24. The summed E-state index contributed by atoms with van der Waals surface area (Å²) in [4.78, 5) is 46.5. The topological polar surface area (TPSA) is 101 Å². The van der Waals surface area contributed by atoms with Crippen LogP contribution in [0.15, 0.2) is 60.8 Å². The lowest BCUT2D eigenvalue weighted by Gasteiger charge is -2.27. The van der Waals surface area contributed by atoms with Crippen LogP contribution in [0.25, 0.3) is 0 Å². The molecule has 0 unspecified atom stereocenters. The quantitative estimate of drug-likeness (QED) is 0.549. The zero-order valence-corrected chi connectivity index (χ0v) is 19.2. The SMILES string of the molecule is CCOc1ccc(N2C(=O)c3ccc(C(=O)Nc4ccc(N5CCOCC5)nc4)cc3C2=O)cc1. The van der Waals surface area contributed by atoms with Gasteiger partial charge in [0.2, 0.25) is 0 Å². The van der Waals surface area contributed by atoms with Gasteiger partial charge >= 0.3 is 0 Å². The van der Waals surface area contributed by atoms with E-state index < -0.39 is 17.7 Å². The van der Waals surface area contributed by atoms with Crippen LogP contribution in [0.5, 0.6) is 5.75 Å². The van der Waals surface area contributed by atoms with E-state index in [9.17, 15) is 14.4 Å². The Kier molecular flexibility index (Phi) is 6.15. The highest BCUT2D eigenvalue weighted by atomic mass is 16.5. The van der Waals surface area contributed by atoms with Crippen molar-refractivity contribution in [2.75, 3.05) is 48.0 Å². The van der Waals surface area contributed by atoms with E-state index >= 15 is 0 Å². The molecular weight excluding hydrogens is 448 g/mol. The molecule has 9 nitrogen and oxygen atoms in total. The van der Waals surface area contributed by atoms with Gasteiger partial charge in [0.05, 0.1) is 48.5 Å². The van der Waals surface area contributed by atoms with Crippen LogP contribution in [-0.2, 0) is 4.74 Å². The molecule has 3 amide bonds. The number of ether oxygens (including phenoxy) is 2. The van der Waals surface area contributed by atoms with E-state index in [-0.39, 0.29) is 16.7 Å². The molecule has 1 fully saturated rings. The van der Waals surface area contributed by atoms with Crippen molar-refractivity contribution in [3.63, 3.8) is 0 Å². The van der Waals surface area contributed by atoms with Crippen molar-refractivity contribution in [1.29, 1.82) is 0 Å². The van der Waals surface area contributed by atoms with E-state index in [0.29, 0.717) is 36.9 Å². The van der Waals surface area contributed by atoms with Gasteiger partial charge in [-0.1, -0.05) is 0 Å². The van der Waals surface area contributed by atoms with Crippen molar-refractivity contribution >= 4 is 34.9 Å². The van der Waals surface area contributed by atoms with Gasteiger partial charge in [-0.2, -0.15) is 0 Å². The van der Waals surface area contributed by atoms with Crippen LogP contribution in [0.1, 0.15) is 38.0 Å². The van der Waals surface area contributed by atoms with Crippen molar-refractivity contribution in [2.24, 2.45) is 0 Å². The average Bonchev–Trinajstić information content (AvgIpc) is 3.15. The third-order valence-electron chi connectivity index (χ3n) is 5.90. The third kappa shape index (κ3) is 4.45. The predicted molar refractivity (Wildman–Crippen MR) is 130 cm³/mol. The minimum Gasteiger partial charge on any atom is -0.494 e. The molecular formula is C26H24N4O5. The molecule has 9 heteroatoms. The maximum atomic E-state index is 13.1. The Morgan fingerprint density at radius 1 is 1.00 bits per heavy atom. The molecule has 2 aromatic carbocycles. The molecule has 2 aliphatic heterocycles. The highest BCUT2D eigenvalue weighted by molar-refractivity contribution is 6.34. The maximum Gasteiger partial charge on any atom is 0.266 e. The molecule has 0 spiro atoms. The van der Waals surface area contributed by atoms with E-state index in [1.165, 1.54) is 18.2 Å². The molecule has 0 aliphatic carbocycles. The lowest BCUT2D eigenvalue weighted by molar-refractivity contribution is 0.0925. The first-order chi connectivity index (χ1) is 17.0. The van der Waals surface area contributed by atoms with Gasteiger partial charge in [0, 0.05) is 18.7 Å². The summed E-state index contributed by atoms with van der Waals surface area (Å²) in [6.07, 6.45) is 1.60.